The first-order chi connectivity index (χ1) is 14.2. The highest BCUT2D eigenvalue weighted by Gasteiger charge is 2.23. The van der Waals surface area contributed by atoms with E-state index in [0.29, 0.717) is 25.9 Å². The summed E-state index contributed by atoms with van der Waals surface area (Å²) < 4.78 is 21.2. The average molecular weight is 409 g/mol. The first-order valence-electron chi connectivity index (χ1n) is 10.2. The van der Waals surface area contributed by atoms with E-state index in [9.17, 15) is 0 Å². The van der Waals surface area contributed by atoms with Crippen LogP contribution in [0, 0.1) is 0 Å². The zero-order chi connectivity index (χ0) is 20.9. The topological polar surface area (TPSA) is 76.6 Å². The Hall–Kier alpha value is -2.03. The highest BCUT2D eigenvalue weighted by molar-refractivity contribution is 5.79. The van der Waals surface area contributed by atoms with E-state index in [2.05, 4.69) is 32.7 Å². The van der Waals surface area contributed by atoms with E-state index >= 15 is 0 Å². The van der Waals surface area contributed by atoms with Crippen molar-refractivity contribution >= 4 is 5.96 Å². The quantitative estimate of drug-likeness (QED) is 0.308. The summed E-state index contributed by atoms with van der Waals surface area (Å²) in [4.78, 5) is 6.77. The zero-order valence-corrected chi connectivity index (χ0v) is 18.2. The van der Waals surface area contributed by atoms with Gasteiger partial charge in [0.2, 0.25) is 0 Å². The molecule has 1 saturated heterocycles. The van der Waals surface area contributed by atoms with Crippen LogP contribution in [0.5, 0.6) is 11.5 Å². The van der Waals surface area contributed by atoms with Crippen molar-refractivity contribution in [2.45, 2.75) is 25.4 Å². The van der Waals surface area contributed by atoms with Gasteiger partial charge in [-0.1, -0.05) is 0 Å². The standard InChI is InChI=1S/C21H36N4O4/c1-22-21(23-7-5-9-29-11-10-26-2)24-18-6-8-25(16-18)15-17-12-19(27-3)14-20(13-17)28-4/h12-14,18H,5-11,15-16H2,1-4H3,(H2,22,23,24). The molecule has 1 heterocycles. The molecule has 0 aliphatic carbocycles. The molecule has 0 radical (unpaired) electrons. The molecule has 0 bridgehead atoms. The lowest BCUT2D eigenvalue weighted by Crippen LogP contribution is -2.44. The number of methoxy groups -OCH3 is 3. The molecule has 0 aromatic heterocycles. The van der Waals surface area contributed by atoms with Crippen molar-refractivity contribution in [2.24, 2.45) is 4.99 Å². The second-order valence-electron chi connectivity index (χ2n) is 7.04. The maximum absolute atomic E-state index is 5.48. The number of nitrogens with zero attached hydrogens (tertiary/aromatic N) is 2. The van der Waals surface area contributed by atoms with Crippen LogP contribution in [0.1, 0.15) is 18.4 Å². The minimum atomic E-state index is 0.381. The number of rotatable bonds is 12. The van der Waals surface area contributed by atoms with Crippen LogP contribution in [0.2, 0.25) is 0 Å². The van der Waals surface area contributed by atoms with Crippen LogP contribution in [0.4, 0.5) is 0 Å². The van der Waals surface area contributed by atoms with Crippen molar-refractivity contribution in [1.82, 2.24) is 15.5 Å². The SMILES string of the molecule is CN=C(NCCCOCCOC)NC1CCN(Cc2cc(OC)cc(OC)c2)C1. The van der Waals surface area contributed by atoms with Crippen LogP contribution in [0.3, 0.4) is 0 Å². The van der Waals surface area contributed by atoms with Gasteiger partial charge in [0.1, 0.15) is 11.5 Å². The van der Waals surface area contributed by atoms with Crippen molar-refractivity contribution in [3.63, 3.8) is 0 Å². The second kappa shape index (κ2) is 13.2. The van der Waals surface area contributed by atoms with E-state index < -0.39 is 0 Å². The van der Waals surface area contributed by atoms with Gasteiger partial charge in [-0.25, -0.2) is 0 Å². The van der Waals surface area contributed by atoms with Gasteiger partial charge in [0, 0.05) is 59.1 Å². The molecule has 1 atom stereocenters. The third-order valence-corrected chi connectivity index (χ3v) is 4.84. The Balaban J connectivity index is 1.71. The average Bonchev–Trinajstić information content (AvgIpc) is 3.18. The largest absolute Gasteiger partial charge is 0.497 e. The summed E-state index contributed by atoms with van der Waals surface area (Å²) in [6.45, 7) is 5.71. The lowest BCUT2D eigenvalue weighted by Gasteiger charge is -2.19. The molecule has 2 N–H and O–H groups in total. The Morgan fingerprint density at radius 2 is 1.86 bits per heavy atom. The minimum Gasteiger partial charge on any atom is -0.497 e. The summed E-state index contributed by atoms with van der Waals surface area (Å²) >= 11 is 0. The first kappa shape index (κ1) is 23.3. The second-order valence-corrected chi connectivity index (χ2v) is 7.04. The number of likely N-dealkylation sites (tertiary alicyclic amines) is 1. The van der Waals surface area contributed by atoms with Crippen LogP contribution < -0.4 is 20.1 Å². The van der Waals surface area contributed by atoms with Gasteiger partial charge in [0.25, 0.3) is 0 Å². The van der Waals surface area contributed by atoms with Crippen LogP contribution in [-0.4, -0.2) is 84.7 Å². The van der Waals surface area contributed by atoms with Crippen molar-refractivity contribution in [2.75, 3.05) is 67.8 Å². The molecule has 8 nitrogen and oxygen atoms in total. The maximum Gasteiger partial charge on any atom is 0.191 e. The molecule has 164 valence electrons. The van der Waals surface area contributed by atoms with Crippen LogP contribution >= 0.6 is 0 Å². The van der Waals surface area contributed by atoms with Gasteiger partial charge in [-0.2, -0.15) is 0 Å². The number of hydrogen-bond donors (Lipinski definition) is 2. The van der Waals surface area contributed by atoms with Gasteiger partial charge < -0.3 is 29.6 Å². The van der Waals surface area contributed by atoms with Crippen molar-refractivity contribution in [3.8, 4) is 11.5 Å². The molecule has 1 aromatic rings. The van der Waals surface area contributed by atoms with Crippen molar-refractivity contribution in [1.29, 1.82) is 0 Å². The van der Waals surface area contributed by atoms with Gasteiger partial charge in [0.15, 0.2) is 5.96 Å². The molecule has 29 heavy (non-hydrogen) atoms. The number of ether oxygens (including phenoxy) is 4. The molecule has 1 unspecified atom stereocenters. The number of aliphatic imine (C=N–C) groups is 1. The third kappa shape index (κ3) is 8.47. The summed E-state index contributed by atoms with van der Waals surface area (Å²) in [6.07, 6.45) is 2.01. The molecule has 1 aromatic carbocycles. The van der Waals surface area contributed by atoms with Gasteiger partial charge in [-0.05, 0) is 30.5 Å². The molecule has 0 spiro atoms. The lowest BCUT2D eigenvalue weighted by atomic mass is 10.2. The molecule has 1 fully saturated rings. The molecular weight excluding hydrogens is 372 g/mol. The van der Waals surface area contributed by atoms with Gasteiger partial charge >= 0.3 is 0 Å². The van der Waals surface area contributed by atoms with E-state index in [1.54, 1.807) is 28.4 Å². The third-order valence-electron chi connectivity index (χ3n) is 4.84. The van der Waals surface area contributed by atoms with Crippen molar-refractivity contribution < 1.29 is 18.9 Å². The van der Waals surface area contributed by atoms with E-state index in [4.69, 9.17) is 18.9 Å². The summed E-state index contributed by atoms with van der Waals surface area (Å²) in [5.74, 6) is 2.49. The van der Waals surface area contributed by atoms with E-state index in [1.165, 1.54) is 5.56 Å². The number of benzene rings is 1. The molecular formula is C21H36N4O4. The molecule has 1 aliphatic rings. The fourth-order valence-corrected chi connectivity index (χ4v) is 3.32. The molecule has 1 aliphatic heterocycles. The van der Waals surface area contributed by atoms with Gasteiger partial charge in [0.05, 0.1) is 27.4 Å². The smallest absolute Gasteiger partial charge is 0.191 e. The molecule has 2 rings (SSSR count). The fraction of sp³-hybridized carbons (Fsp3) is 0.667. The first-order valence-corrected chi connectivity index (χ1v) is 10.2. The normalized spacial score (nSPS) is 17.4. The Morgan fingerprint density at radius 1 is 1.10 bits per heavy atom. The lowest BCUT2D eigenvalue weighted by molar-refractivity contribution is 0.0698. The molecule has 0 amide bonds. The number of nitrogens with one attached hydrogen (secondary N) is 2. The predicted molar refractivity (Wildman–Crippen MR) is 115 cm³/mol. The van der Waals surface area contributed by atoms with Crippen LogP contribution in [0.15, 0.2) is 23.2 Å². The molecule has 0 saturated carbocycles. The Kier molecular flexibility index (Phi) is 10.6. The Bertz CT molecular complexity index is 604. The van der Waals surface area contributed by atoms with Gasteiger partial charge in [-0.3, -0.25) is 9.89 Å². The van der Waals surface area contributed by atoms with E-state index in [0.717, 1.165) is 56.5 Å². The highest BCUT2D eigenvalue weighted by Crippen LogP contribution is 2.24. The minimum absolute atomic E-state index is 0.381. The number of guanidine groups is 1. The zero-order valence-electron chi connectivity index (χ0n) is 18.2. The summed E-state index contributed by atoms with van der Waals surface area (Å²) in [6, 6.07) is 6.42. The predicted octanol–water partition coefficient (Wildman–Crippen LogP) is 1.50. The number of hydrogen-bond acceptors (Lipinski definition) is 6. The van der Waals surface area contributed by atoms with Gasteiger partial charge in [-0.15, -0.1) is 0 Å². The summed E-state index contributed by atoms with van der Waals surface area (Å²) in [5, 5.41) is 6.88. The monoisotopic (exact) mass is 408 g/mol. The van der Waals surface area contributed by atoms with E-state index in [-0.39, 0.29) is 0 Å². The van der Waals surface area contributed by atoms with Crippen molar-refractivity contribution in [3.05, 3.63) is 23.8 Å². The van der Waals surface area contributed by atoms with Crippen LogP contribution in [0.25, 0.3) is 0 Å². The molecule has 8 heteroatoms. The highest BCUT2D eigenvalue weighted by atomic mass is 16.5. The fourth-order valence-electron chi connectivity index (χ4n) is 3.32. The Labute approximate surface area is 174 Å². The summed E-state index contributed by atoms with van der Waals surface area (Å²) in [5.41, 5.74) is 1.19. The maximum atomic E-state index is 5.48. The Morgan fingerprint density at radius 3 is 2.52 bits per heavy atom. The van der Waals surface area contributed by atoms with E-state index in [1.807, 2.05) is 6.07 Å². The summed E-state index contributed by atoms with van der Waals surface area (Å²) in [7, 11) is 6.84. The van der Waals surface area contributed by atoms with Crippen LogP contribution in [-0.2, 0) is 16.0 Å².